The van der Waals surface area contributed by atoms with Gasteiger partial charge in [0.1, 0.15) is 0 Å². The highest BCUT2D eigenvalue weighted by molar-refractivity contribution is 5.38. The van der Waals surface area contributed by atoms with E-state index in [9.17, 15) is 5.21 Å². The molecule has 1 aromatic rings. The summed E-state index contributed by atoms with van der Waals surface area (Å²) in [6.45, 7) is 2.25. The zero-order valence-corrected chi connectivity index (χ0v) is 9.16. The maximum Gasteiger partial charge on any atom is 0.284 e. The molecule has 17 heavy (non-hydrogen) atoms. The van der Waals surface area contributed by atoms with Gasteiger partial charge >= 0.3 is 0 Å². The fourth-order valence-electron chi connectivity index (χ4n) is 0.903. The fraction of sp³-hybridized carbons (Fsp3) is 0.571. The average Bonchev–Trinajstić information content (AvgIpc) is 2.38. The Kier molecular flexibility index (Phi) is 5.29. The SMILES string of the molecule is CCCCON(O)c1nc(NO)nc(NO)n1. The van der Waals surface area contributed by atoms with Gasteiger partial charge in [-0.2, -0.15) is 15.0 Å². The van der Waals surface area contributed by atoms with E-state index in [1.807, 2.05) is 6.92 Å². The Morgan fingerprint density at radius 2 is 1.76 bits per heavy atom. The van der Waals surface area contributed by atoms with E-state index < -0.39 is 0 Å². The predicted octanol–water partition coefficient (Wildman–Crippen LogP) is 0.401. The average molecular weight is 246 g/mol. The standard InChI is InChI=1S/C7H14N6O4/c1-2-3-4-17-13(16)7-9-5(11-14)8-6(10-7)12-15/h14-16H,2-4H2,1H3,(H2,8,9,10,11,12). The Labute approximate surface area is 96.7 Å². The Bertz CT molecular complexity index is 329. The van der Waals surface area contributed by atoms with Gasteiger partial charge in [-0.25, -0.2) is 15.8 Å². The summed E-state index contributed by atoms with van der Waals surface area (Å²) in [7, 11) is 0. The molecule has 96 valence electrons. The van der Waals surface area contributed by atoms with Gasteiger partial charge < -0.3 is 0 Å². The van der Waals surface area contributed by atoms with Crippen molar-refractivity contribution in [1.29, 1.82) is 0 Å². The minimum Gasteiger partial charge on any atom is -0.288 e. The highest BCUT2D eigenvalue weighted by atomic mass is 16.9. The second kappa shape index (κ2) is 6.75. The molecule has 0 amide bonds. The first-order chi connectivity index (χ1) is 8.21. The van der Waals surface area contributed by atoms with Crippen LogP contribution in [-0.2, 0) is 4.84 Å². The van der Waals surface area contributed by atoms with Crippen LogP contribution in [0.3, 0.4) is 0 Å². The van der Waals surface area contributed by atoms with Crippen molar-refractivity contribution in [1.82, 2.24) is 15.0 Å². The zero-order chi connectivity index (χ0) is 12.7. The van der Waals surface area contributed by atoms with Crippen LogP contribution >= 0.6 is 0 Å². The van der Waals surface area contributed by atoms with Crippen molar-refractivity contribution in [2.24, 2.45) is 0 Å². The molecule has 0 aliphatic carbocycles. The van der Waals surface area contributed by atoms with Gasteiger partial charge in [0.2, 0.25) is 0 Å². The monoisotopic (exact) mass is 246 g/mol. The summed E-state index contributed by atoms with van der Waals surface area (Å²) in [5, 5.41) is 27.0. The molecule has 0 unspecified atom stereocenters. The second-order valence-corrected chi connectivity index (χ2v) is 2.97. The lowest BCUT2D eigenvalue weighted by Crippen LogP contribution is -2.23. The van der Waals surface area contributed by atoms with Crippen molar-refractivity contribution in [3.63, 3.8) is 0 Å². The third-order valence-electron chi connectivity index (χ3n) is 1.71. The van der Waals surface area contributed by atoms with E-state index in [4.69, 9.17) is 15.3 Å². The lowest BCUT2D eigenvalue weighted by molar-refractivity contribution is -0.0456. The minimum atomic E-state index is -0.288. The van der Waals surface area contributed by atoms with Crippen LogP contribution in [0.4, 0.5) is 17.8 Å². The molecule has 0 aromatic carbocycles. The molecular weight excluding hydrogens is 232 g/mol. The molecule has 0 aliphatic rings. The summed E-state index contributed by atoms with van der Waals surface area (Å²) in [5.74, 6) is -0.807. The molecule has 0 bridgehead atoms. The van der Waals surface area contributed by atoms with E-state index in [0.717, 1.165) is 12.8 Å². The molecule has 0 radical (unpaired) electrons. The predicted molar refractivity (Wildman–Crippen MR) is 55.8 cm³/mol. The van der Waals surface area contributed by atoms with Gasteiger partial charge in [-0.15, -0.1) is 0 Å². The Morgan fingerprint density at radius 1 is 1.18 bits per heavy atom. The number of hydrogen-bond acceptors (Lipinski definition) is 10. The number of aromatic nitrogens is 3. The maximum atomic E-state index is 9.43. The molecular formula is C7H14N6O4. The summed E-state index contributed by atoms with van der Waals surface area (Å²) < 4.78 is 0. The molecule has 5 N–H and O–H groups in total. The van der Waals surface area contributed by atoms with Gasteiger partial charge in [0.25, 0.3) is 17.8 Å². The van der Waals surface area contributed by atoms with Crippen LogP contribution < -0.4 is 16.2 Å². The quantitative estimate of drug-likeness (QED) is 0.339. The number of unbranched alkanes of at least 4 members (excludes halogenated alkanes) is 1. The normalized spacial score (nSPS) is 10.1. The molecule has 0 spiro atoms. The van der Waals surface area contributed by atoms with Gasteiger partial charge in [0.05, 0.1) is 6.61 Å². The minimum absolute atomic E-state index is 0.260. The van der Waals surface area contributed by atoms with Crippen molar-refractivity contribution >= 4 is 17.8 Å². The summed E-state index contributed by atoms with van der Waals surface area (Å²) in [6.07, 6.45) is 1.65. The topological polar surface area (TPSA) is 136 Å². The molecule has 1 heterocycles. The number of anilines is 3. The third-order valence-corrected chi connectivity index (χ3v) is 1.71. The molecule has 0 aliphatic heterocycles. The Morgan fingerprint density at radius 3 is 2.24 bits per heavy atom. The first-order valence-corrected chi connectivity index (χ1v) is 4.89. The van der Waals surface area contributed by atoms with Crippen molar-refractivity contribution in [3.05, 3.63) is 0 Å². The van der Waals surface area contributed by atoms with Crippen LogP contribution in [0.2, 0.25) is 0 Å². The lowest BCUT2D eigenvalue weighted by Gasteiger charge is -2.14. The van der Waals surface area contributed by atoms with Crippen LogP contribution in [-0.4, -0.2) is 37.2 Å². The molecule has 0 atom stereocenters. The van der Waals surface area contributed by atoms with Crippen molar-refractivity contribution in [2.45, 2.75) is 19.8 Å². The van der Waals surface area contributed by atoms with Gasteiger partial charge in [-0.1, -0.05) is 18.6 Å². The highest BCUT2D eigenvalue weighted by Crippen LogP contribution is 2.11. The third kappa shape index (κ3) is 3.96. The molecule has 10 nitrogen and oxygen atoms in total. The van der Waals surface area contributed by atoms with E-state index >= 15 is 0 Å². The fourth-order valence-corrected chi connectivity index (χ4v) is 0.903. The van der Waals surface area contributed by atoms with Crippen LogP contribution in [0.15, 0.2) is 0 Å². The lowest BCUT2D eigenvalue weighted by atomic mass is 10.4. The Balaban J connectivity index is 2.73. The molecule has 0 saturated carbocycles. The van der Waals surface area contributed by atoms with Crippen molar-refractivity contribution in [3.8, 4) is 0 Å². The molecule has 10 heteroatoms. The van der Waals surface area contributed by atoms with Gasteiger partial charge in [0.15, 0.2) is 0 Å². The molecule has 0 fully saturated rings. The number of nitrogens with one attached hydrogen (secondary N) is 2. The van der Waals surface area contributed by atoms with Crippen LogP contribution in [0.5, 0.6) is 0 Å². The highest BCUT2D eigenvalue weighted by Gasteiger charge is 2.12. The maximum absolute atomic E-state index is 9.43. The second-order valence-electron chi connectivity index (χ2n) is 2.97. The van der Waals surface area contributed by atoms with Crippen LogP contribution in [0.25, 0.3) is 0 Å². The summed E-state index contributed by atoms with van der Waals surface area (Å²) in [5.41, 5.74) is 3.32. The molecule has 1 rings (SSSR count). The van der Waals surface area contributed by atoms with Crippen LogP contribution in [0, 0.1) is 0 Å². The van der Waals surface area contributed by atoms with Crippen LogP contribution in [0.1, 0.15) is 19.8 Å². The number of nitrogens with zero attached hydrogens (tertiary/aromatic N) is 4. The number of hydrogen-bond donors (Lipinski definition) is 5. The molecule has 1 aromatic heterocycles. The van der Waals surface area contributed by atoms with E-state index in [2.05, 4.69) is 15.0 Å². The van der Waals surface area contributed by atoms with Crippen molar-refractivity contribution < 1.29 is 20.5 Å². The number of rotatable bonds is 7. The first-order valence-electron chi connectivity index (χ1n) is 4.89. The Hall–Kier alpha value is -1.75. The largest absolute Gasteiger partial charge is 0.288 e. The van der Waals surface area contributed by atoms with Gasteiger partial charge in [-0.05, 0) is 6.42 Å². The van der Waals surface area contributed by atoms with Gasteiger partial charge in [0, 0.05) is 0 Å². The van der Waals surface area contributed by atoms with Crippen molar-refractivity contribution in [2.75, 3.05) is 22.8 Å². The van der Waals surface area contributed by atoms with E-state index in [1.165, 1.54) is 0 Å². The molecule has 0 saturated heterocycles. The summed E-state index contributed by atoms with van der Waals surface area (Å²) in [6, 6.07) is 0. The summed E-state index contributed by atoms with van der Waals surface area (Å²) >= 11 is 0. The first kappa shape index (κ1) is 13.3. The van der Waals surface area contributed by atoms with Gasteiger partial charge in [-0.3, -0.25) is 15.6 Å². The zero-order valence-electron chi connectivity index (χ0n) is 9.16. The summed E-state index contributed by atoms with van der Waals surface area (Å²) in [4.78, 5) is 15.6. The van der Waals surface area contributed by atoms with E-state index in [0.29, 0.717) is 5.23 Å². The van der Waals surface area contributed by atoms with E-state index in [1.54, 1.807) is 11.0 Å². The smallest absolute Gasteiger partial charge is 0.284 e. The van der Waals surface area contributed by atoms with E-state index in [-0.39, 0.29) is 24.5 Å².